The zero-order valence-corrected chi connectivity index (χ0v) is 17.8. The minimum atomic E-state index is -0.852. The first-order valence-corrected chi connectivity index (χ1v) is 11.4. The van der Waals surface area contributed by atoms with Gasteiger partial charge in [-0.2, -0.15) is 0 Å². The van der Waals surface area contributed by atoms with Crippen LogP contribution in [0, 0.1) is 11.8 Å². The standard InChI is InChI=1S/C24H28N6O2/c25-22-17-7-8-30(24(17)28-11-27-22)19-10-13(20(31)21(19)32)3-1-12-2-4-15-14-5-6-16(14)23(26)29-18(15)9-12/h2,4,7-9,11,13-14,16,19-21,31-32H,1,3,5-6,10H2,(H2,26,29)(H2,25,27,28)/t13-,14+,16+,19+,20+,21-/m0/s1. The number of aliphatic hydroxyl groups is 2. The van der Waals surface area contributed by atoms with Crippen molar-refractivity contribution in [2.75, 3.05) is 5.73 Å². The highest BCUT2D eigenvalue weighted by Gasteiger charge is 2.42. The van der Waals surface area contributed by atoms with Gasteiger partial charge in [-0.3, -0.25) is 0 Å². The Balaban J connectivity index is 1.19. The number of aliphatic imine (C=N–C) groups is 1. The molecule has 0 unspecified atom stereocenters. The van der Waals surface area contributed by atoms with Crippen LogP contribution in [0.2, 0.25) is 0 Å². The van der Waals surface area contributed by atoms with E-state index in [0.717, 1.165) is 36.2 Å². The Morgan fingerprint density at radius 3 is 2.69 bits per heavy atom. The van der Waals surface area contributed by atoms with E-state index in [0.29, 0.717) is 29.7 Å². The van der Waals surface area contributed by atoms with Gasteiger partial charge in [-0.15, -0.1) is 0 Å². The lowest BCUT2D eigenvalue weighted by Gasteiger charge is -2.40. The van der Waals surface area contributed by atoms with Crippen LogP contribution in [0.15, 0.2) is 41.8 Å². The quantitative estimate of drug-likeness (QED) is 0.500. The summed E-state index contributed by atoms with van der Waals surface area (Å²) in [5.41, 5.74) is 16.3. The van der Waals surface area contributed by atoms with Gasteiger partial charge >= 0.3 is 0 Å². The van der Waals surface area contributed by atoms with E-state index in [1.54, 1.807) is 0 Å². The summed E-state index contributed by atoms with van der Waals surface area (Å²) in [5, 5.41) is 22.3. The zero-order valence-electron chi connectivity index (χ0n) is 17.8. The lowest BCUT2D eigenvalue weighted by Crippen LogP contribution is -2.38. The maximum atomic E-state index is 10.8. The number of fused-ring (bicyclic) bond motifs is 4. The molecule has 3 heterocycles. The summed E-state index contributed by atoms with van der Waals surface area (Å²) in [6, 6.07) is 8.15. The minimum Gasteiger partial charge on any atom is -0.390 e. The number of nitrogens with two attached hydrogens (primary N) is 2. The van der Waals surface area contributed by atoms with Crippen molar-refractivity contribution in [1.82, 2.24) is 14.5 Å². The lowest BCUT2D eigenvalue weighted by atomic mass is 9.67. The summed E-state index contributed by atoms with van der Waals surface area (Å²) in [4.78, 5) is 13.0. The molecule has 6 atom stereocenters. The van der Waals surface area contributed by atoms with Crippen LogP contribution in [0.1, 0.15) is 48.8 Å². The van der Waals surface area contributed by atoms with Crippen molar-refractivity contribution < 1.29 is 10.2 Å². The van der Waals surface area contributed by atoms with Crippen LogP contribution in [0.3, 0.4) is 0 Å². The fraction of sp³-hybridized carbons (Fsp3) is 0.458. The molecule has 0 bridgehead atoms. The van der Waals surface area contributed by atoms with E-state index in [1.165, 1.54) is 23.9 Å². The topological polar surface area (TPSA) is 136 Å². The van der Waals surface area contributed by atoms with Crippen molar-refractivity contribution in [3.63, 3.8) is 0 Å². The van der Waals surface area contributed by atoms with Gasteiger partial charge in [0.1, 0.15) is 29.7 Å². The molecule has 2 aliphatic carbocycles. The number of nitrogens with zero attached hydrogens (tertiary/aromatic N) is 4. The highest BCUT2D eigenvalue weighted by atomic mass is 16.3. The minimum absolute atomic E-state index is 0.00718. The van der Waals surface area contributed by atoms with Gasteiger partial charge in [0.15, 0.2) is 0 Å². The fourth-order valence-corrected chi connectivity index (χ4v) is 5.88. The second-order valence-corrected chi connectivity index (χ2v) is 9.52. The average Bonchev–Trinajstić information content (AvgIpc) is 3.29. The van der Waals surface area contributed by atoms with E-state index >= 15 is 0 Å². The first-order valence-electron chi connectivity index (χ1n) is 11.4. The van der Waals surface area contributed by atoms with E-state index < -0.39 is 12.2 Å². The second kappa shape index (κ2) is 7.28. The van der Waals surface area contributed by atoms with Crippen LogP contribution in [-0.4, -0.2) is 42.8 Å². The van der Waals surface area contributed by atoms with Crippen molar-refractivity contribution >= 4 is 28.4 Å². The number of nitrogen functional groups attached to an aromatic ring is 1. The largest absolute Gasteiger partial charge is 0.390 e. The molecule has 0 radical (unpaired) electrons. The Morgan fingerprint density at radius 2 is 1.88 bits per heavy atom. The average molecular weight is 433 g/mol. The molecule has 166 valence electrons. The SMILES string of the molecule is NC1=Nc2cc(CC[C@H]3C[C@@H](n4ccc5c(N)ncnc54)[C@H](O)[C@@H]3O)ccc2[C@H]2CC[C@@H]12. The van der Waals surface area contributed by atoms with Gasteiger partial charge in [-0.05, 0) is 67.2 Å². The van der Waals surface area contributed by atoms with Crippen LogP contribution < -0.4 is 11.5 Å². The van der Waals surface area contributed by atoms with E-state index in [9.17, 15) is 10.2 Å². The summed E-state index contributed by atoms with van der Waals surface area (Å²) >= 11 is 0. The van der Waals surface area contributed by atoms with Crippen molar-refractivity contribution in [2.45, 2.75) is 56.3 Å². The number of aryl methyl sites for hydroxylation is 1. The normalized spacial score (nSPS) is 31.1. The van der Waals surface area contributed by atoms with Crippen LogP contribution in [-0.2, 0) is 6.42 Å². The predicted octanol–water partition coefficient (Wildman–Crippen LogP) is 2.43. The molecule has 32 heavy (non-hydrogen) atoms. The highest BCUT2D eigenvalue weighted by Crippen LogP contribution is 2.49. The van der Waals surface area contributed by atoms with Crippen LogP contribution >= 0.6 is 0 Å². The van der Waals surface area contributed by atoms with E-state index in [1.807, 2.05) is 16.8 Å². The van der Waals surface area contributed by atoms with Crippen LogP contribution in [0.4, 0.5) is 11.5 Å². The molecule has 1 aromatic carbocycles. The molecule has 8 heteroatoms. The van der Waals surface area contributed by atoms with Gasteiger partial charge in [-0.25, -0.2) is 15.0 Å². The number of hydrogen-bond acceptors (Lipinski definition) is 7. The number of anilines is 1. The van der Waals surface area contributed by atoms with Crippen molar-refractivity contribution in [2.24, 2.45) is 22.6 Å². The van der Waals surface area contributed by atoms with Gasteiger partial charge in [0.2, 0.25) is 0 Å². The Kier molecular flexibility index (Phi) is 4.48. The first kappa shape index (κ1) is 19.7. The molecule has 6 N–H and O–H groups in total. The molecule has 2 saturated carbocycles. The zero-order chi connectivity index (χ0) is 22.0. The molecule has 1 aliphatic heterocycles. The smallest absolute Gasteiger partial charge is 0.145 e. The van der Waals surface area contributed by atoms with Crippen molar-refractivity contribution in [3.8, 4) is 0 Å². The molecule has 2 aromatic heterocycles. The molecule has 3 aliphatic rings. The summed E-state index contributed by atoms with van der Waals surface area (Å²) in [6.45, 7) is 0. The molecule has 0 spiro atoms. The third-order valence-electron chi connectivity index (χ3n) is 7.87. The van der Waals surface area contributed by atoms with Gasteiger partial charge in [0.25, 0.3) is 0 Å². The Labute approximate surface area is 186 Å². The molecule has 0 amide bonds. The van der Waals surface area contributed by atoms with Crippen molar-refractivity contribution in [3.05, 3.63) is 47.9 Å². The Hall–Kier alpha value is -2.97. The number of aliphatic hydroxyl groups excluding tert-OH is 2. The fourth-order valence-electron chi connectivity index (χ4n) is 5.88. The summed E-state index contributed by atoms with van der Waals surface area (Å²) < 4.78 is 1.92. The maximum absolute atomic E-state index is 10.8. The first-order chi connectivity index (χ1) is 15.5. The summed E-state index contributed by atoms with van der Waals surface area (Å²) in [6.07, 6.45) is 6.28. The van der Waals surface area contributed by atoms with Crippen molar-refractivity contribution in [1.29, 1.82) is 0 Å². The number of hydrogen-bond donors (Lipinski definition) is 4. The Morgan fingerprint density at radius 1 is 1.03 bits per heavy atom. The van der Waals surface area contributed by atoms with E-state index in [-0.39, 0.29) is 12.0 Å². The van der Waals surface area contributed by atoms with Gasteiger partial charge < -0.3 is 26.2 Å². The molecule has 3 aromatic rings. The Bertz CT molecular complexity index is 1220. The third-order valence-corrected chi connectivity index (χ3v) is 7.87. The van der Waals surface area contributed by atoms with Gasteiger partial charge in [-0.1, -0.05) is 12.1 Å². The van der Waals surface area contributed by atoms with Crippen LogP contribution in [0.25, 0.3) is 11.0 Å². The molecule has 6 rings (SSSR count). The third kappa shape index (κ3) is 2.93. The number of rotatable bonds is 4. The maximum Gasteiger partial charge on any atom is 0.145 e. The van der Waals surface area contributed by atoms with Crippen LogP contribution in [0.5, 0.6) is 0 Å². The predicted molar refractivity (Wildman–Crippen MR) is 123 cm³/mol. The van der Waals surface area contributed by atoms with Gasteiger partial charge in [0.05, 0.1) is 23.2 Å². The van der Waals surface area contributed by atoms with E-state index in [2.05, 4.69) is 33.2 Å². The monoisotopic (exact) mass is 432 g/mol. The molecular formula is C24H28N6O2. The molecular weight excluding hydrogens is 404 g/mol. The van der Waals surface area contributed by atoms with E-state index in [4.69, 9.17) is 11.5 Å². The number of amidine groups is 1. The summed E-state index contributed by atoms with van der Waals surface area (Å²) in [7, 11) is 0. The molecule has 8 nitrogen and oxygen atoms in total. The summed E-state index contributed by atoms with van der Waals surface area (Å²) in [5.74, 6) is 2.13. The van der Waals surface area contributed by atoms with Gasteiger partial charge in [0, 0.05) is 12.1 Å². The lowest BCUT2D eigenvalue weighted by molar-refractivity contribution is 0.00545. The highest BCUT2D eigenvalue weighted by molar-refractivity contribution is 5.90. The number of aromatic nitrogens is 3. The number of benzene rings is 1. The second-order valence-electron chi connectivity index (χ2n) is 9.52. The molecule has 2 fully saturated rings. The molecule has 0 saturated heterocycles.